The minimum absolute atomic E-state index is 0.844. The Hall–Kier alpha value is -1.05. The molecule has 0 unspecified atom stereocenters. The minimum Gasteiger partial charge on any atom is -0.444 e. The van der Waals surface area contributed by atoms with E-state index in [-0.39, 0.29) is 0 Å². The van der Waals surface area contributed by atoms with E-state index < -0.39 is 0 Å². The first-order chi connectivity index (χ1) is 12.8. The average Bonchev–Trinajstić information content (AvgIpc) is 2.65. The van der Waals surface area contributed by atoms with Gasteiger partial charge in [-0.05, 0) is 12.5 Å². The van der Waals surface area contributed by atoms with Crippen molar-refractivity contribution in [2.45, 2.75) is 110 Å². The number of unbranched alkanes of at least 4 members (excludes halogenated alkanes) is 15. The molecule has 0 aliphatic rings. The van der Waals surface area contributed by atoms with E-state index in [2.05, 4.69) is 6.92 Å². The van der Waals surface area contributed by atoms with Crippen molar-refractivity contribution in [1.82, 2.24) is 0 Å². The molecular weight excluding hydrogens is 318 g/mol. The molecule has 1 aromatic rings. The van der Waals surface area contributed by atoms with Gasteiger partial charge in [0.05, 0.1) is 12.7 Å². The molecule has 150 valence electrons. The Morgan fingerprint density at radius 3 is 1.58 bits per heavy atom. The van der Waals surface area contributed by atoms with E-state index in [1.807, 2.05) is 36.0 Å². The van der Waals surface area contributed by atoms with Crippen molar-refractivity contribution in [3.63, 3.8) is 0 Å². The maximum Gasteiger partial charge on any atom is 0.367 e. The molecule has 0 aliphatic carbocycles. The molecule has 2 heteroatoms. The largest absolute Gasteiger partial charge is 0.444 e. The second kappa shape index (κ2) is 17.4. The van der Waals surface area contributed by atoms with E-state index in [0.717, 1.165) is 12.5 Å². The highest BCUT2D eigenvalue weighted by Crippen LogP contribution is 2.13. The molecule has 0 amide bonds. The van der Waals surface area contributed by atoms with Crippen LogP contribution in [0.4, 0.5) is 0 Å². The third-order valence-electron chi connectivity index (χ3n) is 5.26. The number of hydrogen-bond donors (Lipinski definition) is 0. The number of hydrogen-bond acceptors (Lipinski definition) is 1. The first-order valence-electron chi connectivity index (χ1n) is 11.4. The maximum atomic E-state index is 5.82. The molecule has 0 N–H and O–H groups in total. The van der Waals surface area contributed by atoms with Crippen LogP contribution in [0.5, 0.6) is 5.88 Å². The molecule has 0 aliphatic heterocycles. The van der Waals surface area contributed by atoms with Crippen molar-refractivity contribution >= 4 is 0 Å². The topological polar surface area (TPSA) is 13.1 Å². The Morgan fingerprint density at radius 2 is 1.12 bits per heavy atom. The van der Waals surface area contributed by atoms with E-state index in [4.69, 9.17) is 4.74 Å². The summed E-state index contributed by atoms with van der Waals surface area (Å²) in [6.07, 6.45) is 24.6. The van der Waals surface area contributed by atoms with Crippen LogP contribution in [0.2, 0.25) is 0 Å². The molecule has 0 spiro atoms. The smallest absolute Gasteiger partial charge is 0.367 e. The van der Waals surface area contributed by atoms with Gasteiger partial charge in [0.25, 0.3) is 0 Å². The third-order valence-corrected chi connectivity index (χ3v) is 5.26. The first-order valence-corrected chi connectivity index (χ1v) is 11.4. The quantitative estimate of drug-likeness (QED) is 0.199. The van der Waals surface area contributed by atoms with Crippen molar-refractivity contribution in [3.8, 4) is 5.88 Å². The summed E-state index contributed by atoms with van der Waals surface area (Å²) in [6, 6.07) is 6.09. The molecule has 2 nitrogen and oxygen atoms in total. The van der Waals surface area contributed by atoms with E-state index in [0.29, 0.717) is 0 Å². The molecule has 0 bridgehead atoms. The molecule has 0 aromatic carbocycles. The van der Waals surface area contributed by atoms with Gasteiger partial charge in [-0.25, -0.2) is 0 Å². The fraction of sp³-hybridized carbons (Fsp3) is 0.792. The van der Waals surface area contributed by atoms with Gasteiger partial charge in [0, 0.05) is 6.07 Å². The molecule has 0 fully saturated rings. The minimum atomic E-state index is 0.844. The van der Waals surface area contributed by atoms with Crippen LogP contribution in [0.3, 0.4) is 0 Å². The van der Waals surface area contributed by atoms with Crippen molar-refractivity contribution < 1.29 is 9.30 Å². The predicted molar refractivity (Wildman–Crippen MR) is 113 cm³/mol. The third kappa shape index (κ3) is 13.2. The van der Waals surface area contributed by atoms with Crippen molar-refractivity contribution in [1.29, 1.82) is 0 Å². The summed E-state index contributed by atoms with van der Waals surface area (Å²) < 4.78 is 7.85. The number of ether oxygens (including phenoxy) is 1. The van der Waals surface area contributed by atoms with E-state index in [1.165, 1.54) is 103 Å². The Balaban J connectivity index is 1.74. The zero-order valence-corrected chi connectivity index (χ0v) is 17.7. The molecular formula is C24H44NO+. The average molecular weight is 363 g/mol. The summed E-state index contributed by atoms with van der Waals surface area (Å²) >= 11 is 0. The van der Waals surface area contributed by atoms with Crippen LogP contribution in [-0.2, 0) is 7.05 Å². The molecule has 0 radical (unpaired) electrons. The highest BCUT2D eigenvalue weighted by Gasteiger charge is 2.04. The number of aromatic nitrogens is 1. The van der Waals surface area contributed by atoms with Crippen LogP contribution in [-0.4, -0.2) is 6.61 Å². The van der Waals surface area contributed by atoms with Gasteiger partial charge >= 0.3 is 5.88 Å². The number of aryl methyl sites for hydroxylation is 1. The zero-order valence-electron chi connectivity index (χ0n) is 17.7. The second-order valence-corrected chi connectivity index (χ2v) is 7.80. The van der Waals surface area contributed by atoms with Gasteiger partial charge in [-0.1, -0.05) is 103 Å². The molecule has 0 atom stereocenters. The summed E-state index contributed by atoms with van der Waals surface area (Å²) in [4.78, 5) is 0. The normalized spacial score (nSPS) is 11.0. The highest BCUT2D eigenvalue weighted by atomic mass is 16.5. The summed E-state index contributed by atoms with van der Waals surface area (Å²) in [6.45, 7) is 3.14. The lowest BCUT2D eigenvalue weighted by molar-refractivity contribution is -0.677. The van der Waals surface area contributed by atoms with Gasteiger partial charge in [-0.2, -0.15) is 4.57 Å². The number of pyridine rings is 1. The Morgan fingerprint density at radius 1 is 0.654 bits per heavy atom. The summed E-state index contributed by atoms with van der Waals surface area (Å²) in [5, 5.41) is 0. The van der Waals surface area contributed by atoms with Gasteiger partial charge in [0.2, 0.25) is 0 Å². The summed E-state index contributed by atoms with van der Waals surface area (Å²) in [5.41, 5.74) is 0. The van der Waals surface area contributed by atoms with Gasteiger partial charge in [-0.15, -0.1) is 0 Å². The van der Waals surface area contributed by atoms with Gasteiger partial charge in [0.15, 0.2) is 6.20 Å². The zero-order chi connectivity index (χ0) is 18.7. The summed E-state index contributed by atoms with van der Waals surface area (Å²) in [7, 11) is 2.03. The second-order valence-electron chi connectivity index (χ2n) is 7.80. The Labute approximate surface area is 163 Å². The number of nitrogens with zero attached hydrogens (tertiary/aromatic N) is 1. The molecule has 0 saturated heterocycles. The lowest BCUT2D eigenvalue weighted by atomic mass is 10.0. The van der Waals surface area contributed by atoms with Crippen molar-refractivity contribution in [2.75, 3.05) is 6.61 Å². The number of rotatable bonds is 18. The van der Waals surface area contributed by atoms with Crippen LogP contribution < -0.4 is 9.30 Å². The van der Waals surface area contributed by atoms with Crippen LogP contribution in [0.15, 0.2) is 24.4 Å². The van der Waals surface area contributed by atoms with Crippen LogP contribution in [0.1, 0.15) is 110 Å². The lowest BCUT2D eigenvalue weighted by Gasteiger charge is -2.04. The fourth-order valence-electron chi connectivity index (χ4n) is 3.48. The van der Waals surface area contributed by atoms with E-state index in [1.54, 1.807) is 0 Å². The molecule has 26 heavy (non-hydrogen) atoms. The monoisotopic (exact) mass is 362 g/mol. The molecule has 1 heterocycles. The van der Waals surface area contributed by atoms with Crippen LogP contribution in [0.25, 0.3) is 0 Å². The van der Waals surface area contributed by atoms with Crippen molar-refractivity contribution in [3.05, 3.63) is 24.4 Å². The SMILES string of the molecule is CCCCCCCCCCCCCCCCCCOc1cccc[n+]1C. The Bertz CT molecular complexity index is 418. The molecule has 1 aromatic heterocycles. The van der Waals surface area contributed by atoms with Crippen molar-refractivity contribution in [2.24, 2.45) is 7.05 Å². The van der Waals surface area contributed by atoms with Gasteiger partial charge in [0.1, 0.15) is 7.05 Å². The van der Waals surface area contributed by atoms with E-state index in [9.17, 15) is 0 Å². The van der Waals surface area contributed by atoms with E-state index >= 15 is 0 Å². The van der Waals surface area contributed by atoms with Gasteiger partial charge in [-0.3, -0.25) is 0 Å². The molecule has 1 rings (SSSR count). The highest BCUT2D eigenvalue weighted by molar-refractivity contribution is 5.02. The van der Waals surface area contributed by atoms with Gasteiger partial charge < -0.3 is 4.74 Å². The maximum absolute atomic E-state index is 5.82. The lowest BCUT2D eigenvalue weighted by Crippen LogP contribution is -2.29. The predicted octanol–water partition coefficient (Wildman–Crippen LogP) is 7.15. The first kappa shape index (κ1) is 23.0. The fourth-order valence-corrected chi connectivity index (χ4v) is 3.48. The standard InChI is InChI=1S/C24H44NO/c1-3-4-5-6-7-8-9-10-11-12-13-14-15-16-17-20-23-26-24-21-18-19-22-25(24)2/h18-19,21-22H,3-17,20,23H2,1-2H3/q+1. The van der Waals surface area contributed by atoms with Crippen LogP contribution >= 0.6 is 0 Å². The Kier molecular flexibility index (Phi) is 15.4. The summed E-state index contributed by atoms with van der Waals surface area (Å²) in [5.74, 6) is 0.966. The molecule has 0 saturated carbocycles. The van der Waals surface area contributed by atoms with Crippen LogP contribution in [0, 0.1) is 0 Å².